The summed E-state index contributed by atoms with van der Waals surface area (Å²) in [6.07, 6.45) is 0. The third kappa shape index (κ3) is 4.42. The van der Waals surface area contributed by atoms with Gasteiger partial charge >= 0.3 is 0 Å². The molecule has 0 aliphatic heterocycles. The lowest BCUT2D eigenvalue weighted by Crippen LogP contribution is -2.42. The molecular formula is C26H24O3P2S. The quantitative estimate of drug-likeness (QED) is 0.306. The van der Waals surface area contributed by atoms with Crippen LogP contribution in [-0.4, -0.2) is 17.2 Å². The summed E-state index contributed by atoms with van der Waals surface area (Å²) in [5.74, 6) is 0. The molecule has 0 radical (unpaired) electrons. The molecule has 0 atom stereocenters. The van der Waals surface area contributed by atoms with Gasteiger partial charge in [-0.25, -0.2) is 0 Å². The molecule has 6 heteroatoms. The van der Waals surface area contributed by atoms with Crippen LogP contribution in [0.3, 0.4) is 0 Å². The highest BCUT2D eigenvalue weighted by molar-refractivity contribution is 8.11. The molecule has 32 heavy (non-hydrogen) atoms. The Morgan fingerprint density at radius 3 is 0.938 bits per heavy atom. The molecule has 3 nitrogen and oxygen atoms in total. The van der Waals surface area contributed by atoms with Crippen molar-refractivity contribution in [3.8, 4) is 0 Å². The van der Waals surface area contributed by atoms with Crippen LogP contribution in [0.5, 0.6) is 0 Å². The minimum atomic E-state index is -4.50. The molecule has 0 fully saturated rings. The zero-order valence-corrected chi connectivity index (χ0v) is 20.2. The second kappa shape index (κ2) is 9.65. The highest BCUT2D eigenvalue weighted by atomic mass is 32.2. The van der Waals surface area contributed by atoms with Gasteiger partial charge in [0.25, 0.3) is 10.1 Å². The maximum Gasteiger partial charge on any atom is 0.279 e. The van der Waals surface area contributed by atoms with Crippen LogP contribution in [0.15, 0.2) is 121 Å². The van der Waals surface area contributed by atoms with Crippen molar-refractivity contribution in [1.29, 1.82) is 0 Å². The zero-order chi connectivity index (χ0) is 22.6. The lowest BCUT2D eigenvalue weighted by atomic mass is 10.4. The molecule has 0 saturated carbocycles. The van der Waals surface area contributed by atoms with Crippen LogP contribution in [0.4, 0.5) is 0 Å². The van der Waals surface area contributed by atoms with Gasteiger partial charge in [-0.05, 0) is 44.0 Å². The first-order chi connectivity index (χ1) is 15.4. The molecule has 0 bridgehead atoms. The monoisotopic (exact) mass is 478 g/mol. The summed E-state index contributed by atoms with van der Waals surface area (Å²) in [6, 6.07) is 38.8. The van der Waals surface area contributed by atoms with Crippen molar-refractivity contribution in [2.45, 2.75) is 11.2 Å². The average molecular weight is 478 g/mol. The molecule has 0 saturated heterocycles. The number of hydrogen-bond acceptors (Lipinski definition) is 2. The van der Waals surface area contributed by atoms with Gasteiger partial charge < -0.3 is 0 Å². The summed E-state index contributed by atoms with van der Waals surface area (Å²) in [5, 5.41) is 3.64. The van der Waals surface area contributed by atoms with Crippen molar-refractivity contribution in [1.82, 2.24) is 0 Å². The summed E-state index contributed by atoms with van der Waals surface area (Å²) in [6.45, 7) is 1.72. The van der Waals surface area contributed by atoms with E-state index in [1.165, 1.54) is 0 Å². The molecule has 0 aromatic heterocycles. The van der Waals surface area contributed by atoms with Crippen molar-refractivity contribution in [3.63, 3.8) is 0 Å². The summed E-state index contributed by atoms with van der Waals surface area (Å²) in [4.78, 5) is 0. The van der Waals surface area contributed by atoms with E-state index in [2.05, 4.69) is 0 Å². The number of benzene rings is 4. The Kier molecular flexibility index (Phi) is 6.88. The minimum Gasteiger partial charge on any atom is -0.285 e. The normalized spacial score (nSPS) is 12.2. The van der Waals surface area contributed by atoms with Crippen molar-refractivity contribution in [3.05, 3.63) is 121 Å². The van der Waals surface area contributed by atoms with Gasteiger partial charge in [-0.3, -0.25) is 4.55 Å². The molecule has 4 aromatic carbocycles. The van der Waals surface area contributed by atoms with E-state index < -0.39 is 30.2 Å². The van der Waals surface area contributed by atoms with Crippen molar-refractivity contribution >= 4 is 47.2 Å². The van der Waals surface area contributed by atoms with E-state index in [0.717, 1.165) is 21.2 Å². The van der Waals surface area contributed by atoms with Crippen molar-refractivity contribution < 1.29 is 13.0 Å². The van der Waals surface area contributed by atoms with Crippen molar-refractivity contribution in [2.24, 2.45) is 0 Å². The SMILES string of the molecule is CC(P(c1ccccc1)c1ccccc1)(P(c1ccccc1)c1ccccc1)S(=O)(=O)O. The molecule has 0 spiro atoms. The number of hydrogen-bond donors (Lipinski definition) is 1. The van der Waals surface area contributed by atoms with Crippen LogP contribution in [0, 0.1) is 0 Å². The number of rotatable bonds is 7. The molecule has 0 heterocycles. The van der Waals surface area contributed by atoms with E-state index in [-0.39, 0.29) is 0 Å². The molecule has 4 aromatic rings. The molecule has 0 unspecified atom stereocenters. The van der Waals surface area contributed by atoms with Gasteiger partial charge in [0.2, 0.25) is 0 Å². The second-order valence-electron chi connectivity index (χ2n) is 7.42. The Labute approximate surface area is 192 Å². The highest BCUT2D eigenvalue weighted by Gasteiger charge is 2.53. The zero-order valence-electron chi connectivity index (χ0n) is 17.6. The van der Waals surface area contributed by atoms with Gasteiger partial charge in [0.1, 0.15) is 4.23 Å². The third-order valence-corrected chi connectivity index (χ3v) is 15.0. The molecule has 0 amide bonds. The fraction of sp³-hybridized carbons (Fsp3) is 0.0769. The summed E-state index contributed by atoms with van der Waals surface area (Å²) >= 11 is 0. The van der Waals surface area contributed by atoms with Gasteiger partial charge in [-0.2, -0.15) is 8.42 Å². The first-order valence-electron chi connectivity index (χ1n) is 10.2. The van der Waals surface area contributed by atoms with E-state index in [1.807, 2.05) is 121 Å². The Balaban J connectivity index is 2.07. The standard InChI is InChI=1S/C26H24O3P2S/c1-26(32(27,28)29,30(22-14-6-2-7-15-22)23-16-8-3-9-17-23)31(24-18-10-4-11-19-24)25-20-12-5-13-21-25/h2-21H,1H3,(H,27,28,29). The third-order valence-electron chi connectivity index (χ3n) is 5.38. The van der Waals surface area contributed by atoms with Crippen LogP contribution in [0.25, 0.3) is 0 Å². The van der Waals surface area contributed by atoms with Gasteiger partial charge in [0.05, 0.1) is 0 Å². The van der Waals surface area contributed by atoms with E-state index in [9.17, 15) is 13.0 Å². The maximum atomic E-state index is 13.4. The van der Waals surface area contributed by atoms with Gasteiger partial charge in [0.15, 0.2) is 0 Å². The first-order valence-corrected chi connectivity index (χ1v) is 14.3. The van der Waals surface area contributed by atoms with E-state index in [0.29, 0.717) is 0 Å². The average Bonchev–Trinajstić information content (AvgIpc) is 2.81. The Hall–Kier alpha value is -2.35. The van der Waals surface area contributed by atoms with Crippen LogP contribution in [0.2, 0.25) is 0 Å². The van der Waals surface area contributed by atoms with Crippen LogP contribution >= 0.6 is 15.8 Å². The van der Waals surface area contributed by atoms with E-state index >= 15 is 0 Å². The lowest BCUT2D eigenvalue weighted by Gasteiger charge is -2.42. The highest BCUT2D eigenvalue weighted by Crippen LogP contribution is 2.67. The Morgan fingerprint density at radius 2 is 0.750 bits per heavy atom. The lowest BCUT2D eigenvalue weighted by molar-refractivity contribution is 0.478. The predicted molar refractivity (Wildman–Crippen MR) is 138 cm³/mol. The van der Waals surface area contributed by atoms with Crippen LogP contribution in [0.1, 0.15) is 6.92 Å². The Morgan fingerprint density at radius 1 is 0.531 bits per heavy atom. The fourth-order valence-corrected chi connectivity index (χ4v) is 13.6. The molecule has 162 valence electrons. The largest absolute Gasteiger partial charge is 0.285 e. The van der Waals surface area contributed by atoms with Gasteiger partial charge in [0, 0.05) is 0 Å². The molecule has 1 N–H and O–H groups in total. The smallest absolute Gasteiger partial charge is 0.279 e. The summed E-state index contributed by atoms with van der Waals surface area (Å²) in [7, 11) is -7.46. The summed E-state index contributed by atoms with van der Waals surface area (Å²) in [5.41, 5.74) is 0. The minimum absolute atomic E-state index is 0.910. The topological polar surface area (TPSA) is 54.4 Å². The predicted octanol–water partition coefficient (Wildman–Crippen LogP) is 4.81. The van der Waals surface area contributed by atoms with Gasteiger partial charge in [-0.15, -0.1) is 0 Å². The van der Waals surface area contributed by atoms with Crippen LogP contribution < -0.4 is 21.2 Å². The second-order valence-corrected chi connectivity index (χ2v) is 15.3. The van der Waals surface area contributed by atoms with Crippen LogP contribution in [-0.2, 0) is 10.1 Å². The molecule has 4 rings (SSSR count). The van der Waals surface area contributed by atoms with E-state index in [4.69, 9.17) is 0 Å². The fourth-order valence-electron chi connectivity index (χ4n) is 3.90. The summed E-state index contributed by atoms with van der Waals surface area (Å²) < 4.78 is 36.3. The maximum absolute atomic E-state index is 13.4. The Bertz CT molecular complexity index is 1090. The van der Waals surface area contributed by atoms with E-state index in [1.54, 1.807) is 6.92 Å². The molecule has 0 aliphatic carbocycles. The van der Waals surface area contributed by atoms with Crippen molar-refractivity contribution in [2.75, 3.05) is 0 Å². The first kappa shape index (κ1) is 22.8. The molecule has 0 aliphatic rings. The molecular weight excluding hydrogens is 454 g/mol. The van der Waals surface area contributed by atoms with Gasteiger partial charge in [-0.1, -0.05) is 121 Å².